The van der Waals surface area contributed by atoms with Crippen LogP contribution < -0.4 is 5.43 Å². The predicted molar refractivity (Wildman–Crippen MR) is 65.3 cm³/mol. The van der Waals surface area contributed by atoms with Crippen LogP contribution in [0.1, 0.15) is 6.42 Å². The van der Waals surface area contributed by atoms with Crippen molar-refractivity contribution in [2.75, 3.05) is 39.3 Å². The van der Waals surface area contributed by atoms with Gasteiger partial charge in [-0.05, 0) is 6.42 Å². The van der Waals surface area contributed by atoms with Crippen molar-refractivity contribution in [3.05, 3.63) is 0 Å². The van der Waals surface area contributed by atoms with E-state index >= 15 is 0 Å². The summed E-state index contributed by atoms with van der Waals surface area (Å²) in [6, 6.07) is 0. The van der Waals surface area contributed by atoms with Gasteiger partial charge in [0.15, 0.2) is 0 Å². The summed E-state index contributed by atoms with van der Waals surface area (Å²) in [7, 11) is 0. The Morgan fingerprint density at radius 3 is 2.50 bits per heavy atom. The standard InChI is InChI=1S/C8H16N3O3.2Al.4H/c12-7-1-2-10-3-5-11(6-4-10)9-8(13)14;;;;;;/h9H,1-7H2,(H,13,14);;;;;;/q-1;2*+1;;;;/p-1. The monoisotopic (exact) mass is 259 g/mol. The van der Waals surface area contributed by atoms with Gasteiger partial charge in [0, 0.05) is 39.3 Å². The first-order valence-electron chi connectivity index (χ1n) is 5.57. The van der Waals surface area contributed by atoms with E-state index in [4.69, 9.17) is 3.79 Å². The van der Waals surface area contributed by atoms with Crippen molar-refractivity contribution >= 4 is 39.3 Å². The molecule has 0 atom stereocenters. The third-order valence-electron chi connectivity index (χ3n) is 2.63. The molecule has 0 radical (unpaired) electrons. The van der Waals surface area contributed by atoms with Crippen molar-refractivity contribution in [2.24, 2.45) is 0 Å². The van der Waals surface area contributed by atoms with Crippen LogP contribution in [-0.4, -0.2) is 88.6 Å². The number of rotatable bonds is 5. The van der Waals surface area contributed by atoms with Gasteiger partial charge in [0.05, 0.1) is 0 Å². The number of hydrazine groups is 1. The zero-order chi connectivity index (χ0) is 11.8. The van der Waals surface area contributed by atoms with Gasteiger partial charge in [-0.2, -0.15) is 0 Å². The molecular formula is C8H19Al2N3O3. The Balaban J connectivity index is 2.11. The van der Waals surface area contributed by atoms with Gasteiger partial charge in [0.25, 0.3) is 0 Å². The number of amides is 1. The minimum atomic E-state index is -0.329. The van der Waals surface area contributed by atoms with Crippen molar-refractivity contribution < 1.29 is 12.4 Å². The molecule has 8 heteroatoms. The molecule has 1 rings (SSSR count). The van der Waals surface area contributed by atoms with Crippen LogP contribution in [0.4, 0.5) is 4.79 Å². The number of carbonyl (C=O) groups is 1. The van der Waals surface area contributed by atoms with Crippen molar-refractivity contribution in [1.82, 2.24) is 15.3 Å². The van der Waals surface area contributed by atoms with E-state index in [9.17, 15) is 4.79 Å². The molecule has 0 spiro atoms. The van der Waals surface area contributed by atoms with Crippen LogP contribution in [0.15, 0.2) is 0 Å². The zero-order valence-electron chi connectivity index (χ0n) is 10.1. The van der Waals surface area contributed by atoms with Crippen molar-refractivity contribution in [3.63, 3.8) is 0 Å². The largest absolute Gasteiger partial charge is 0.605 e. The SMILES string of the molecule is O=C(NN1CCN(CCC[O][AlH2])CC1)[O][AlH2]. The van der Waals surface area contributed by atoms with Gasteiger partial charge in [-0.1, -0.05) is 0 Å². The molecule has 1 saturated heterocycles. The number of hydrogen-bond donors (Lipinski definition) is 1. The van der Waals surface area contributed by atoms with E-state index in [1.807, 2.05) is 5.01 Å². The van der Waals surface area contributed by atoms with Crippen LogP contribution in [0.5, 0.6) is 0 Å². The number of nitrogens with one attached hydrogen (secondary N) is 1. The van der Waals surface area contributed by atoms with Crippen molar-refractivity contribution in [2.45, 2.75) is 6.42 Å². The van der Waals surface area contributed by atoms with Gasteiger partial charge in [-0.25, -0.2) is 9.80 Å². The molecule has 0 saturated carbocycles. The minimum absolute atomic E-state index is 0.329. The van der Waals surface area contributed by atoms with Gasteiger partial charge in [0.1, 0.15) is 0 Å². The van der Waals surface area contributed by atoms with Gasteiger partial charge in [-0.15, -0.1) is 0 Å². The summed E-state index contributed by atoms with van der Waals surface area (Å²) in [5.74, 6) is 0. The van der Waals surface area contributed by atoms with E-state index in [1.165, 1.54) is 0 Å². The van der Waals surface area contributed by atoms with Crippen LogP contribution in [-0.2, 0) is 7.58 Å². The first-order valence-corrected chi connectivity index (χ1v) is 7.20. The van der Waals surface area contributed by atoms with Crippen LogP contribution >= 0.6 is 0 Å². The molecule has 1 aliphatic rings. The molecule has 1 heterocycles. The Bertz CT molecular complexity index is 213. The van der Waals surface area contributed by atoms with Gasteiger partial charge >= 0.3 is 39.3 Å². The summed E-state index contributed by atoms with van der Waals surface area (Å²) in [4.78, 5) is 13.4. The molecule has 0 unspecified atom stereocenters. The number of hydrogen-bond acceptors (Lipinski definition) is 5. The Hall–Kier alpha value is 0.215. The van der Waals surface area contributed by atoms with E-state index < -0.39 is 0 Å². The van der Waals surface area contributed by atoms with Crippen molar-refractivity contribution in [3.8, 4) is 0 Å². The molecule has 6 nitrogen and oxygen atoms in total. The normalized spacial score (nSPS) is 18.2. The van der Waals surface area contributed by atoms with E-state index in [2.05, 4.69) is 14.1 Å². The third kappa shape index (κ3) is 5.52. The lowest BCUT2D eigenvalue weighted by Crippen LogP contribution is -2.53. The summed E-state index contributed by atoms with van der Waals surface area (Å²) in [6.07, 6.45) is 0.768. The molecule has 1 fully saturated rings. The fourth-order valence-corrected chi connectivity index (χ4v) is 2.07. The minimum Gasteiger partial charge on any atom is -0.605 e. The quantitative estimate of drug-likeness (QED) is 0.446. The summed E-state index contributed by atoms with van der Waals surface area (Å²) < 4.78 is 9.83. The molecule has 1 amide bonds. The lowest BCUT2D eigenvalue weighted by Gasteiger charge is -2.34. The lowest BCUT2D eigenvalue weighted by molar-refractivity contribution is 0.0846. The first-order chi connectivity index (χ1) is 7.76. The molecule has 0 aromatic heterocycles. The van der Waals surface area contributed by atoms with Crippen LogP contribution in [0.25, 0.3) is 0 Å². The van der Waals surface area contributed by atoms with Gasteiger partial charge in [0.2, 0.25) is 0 Å². The highest BCUT2D eigenvalue weighted by Crippen LogP contribution is 2.00. The molecule has 0 aromatic carbocycles. The lowest BCUT2D eigenvalue weighted by atomic mass is 10.3. The third-order valence-corrected chi connectivity index (χ3v) is 3.41. The second kappa shape index (κ2) is 8.33. The Morgan fingerprint density at radius 1 is 1.25 bits per heavy atom. The maximum atomic E-state index is 11.0. The summed E-state index contributed by atoms with van der Waals surface area (Å²) in [6.45, 7) is 5.65. The van der Waals surface area contributed by atoms with E-state index in [0.717, 1.165) is 62.4 Å². The number of carbonyl (C=O) groups excluding carboxylic acids is 1. The van der Waals surface area contributed by atoms with E-state index in [0.29, 0.717) is 16.6 Å². The molecule has 0 aliphatic carbocycles. The Labute approximate surface area is 113 Å². The predicted octanol–water partition coefficient (Wildman–Crippen LogP) is -2.25. The molecule has 0 aromatic rings. The molecule has 0 bridgehead atoms. The van der Waals surface area contributed by atoms with Crippen molar-refractivity contribution in [1.29, 1.82) is 0 Å². The highest BCUT2D eigenvalue weighted by molar-refractivity contribution is 6.04. The molecule has 1 N–H and O–H groups in total. The fraction of sp³-hybridized carbons (Fsp3) is 0.875. The van der Waals surface area contributed by atoms with Gasteiger partial charge in [-0.3, -0.25) is 5.43 Å². The average molecular weight is 259 g/mol. The summed E-state index contributed by atoms with van der Waals surface area (Å²) in [5.41, 5.74) is 2.72. The summed E-state index contributed by atoms with van der Waals surface area (Å²) >= 11 is 1.27. The van der Waals surface area contributed by atoms with Crippen LogP contribution in [0, 0.1) is 0 Å². The Morgan fingerprint density at radius 2 is 1.94 bits per heavy atom. The second-order valence-electron chi connectivity index (χ2n) is 3.78. The van der Waals surface area contributed by atoms with Gasteiger partial charge < -0.3 is 12.5 Å². The first kappa shape index (κ1) is 14.3. The Kier molecular flexibility index (Phi) is 7.43. The fourth-order valence-electron chi connectivity index (χ4n) is 1.69. The smallest absolute Gasteiger partial charge is 0.501 e. The average Bonchev–Trinajstić information content (AvgIpc) is 2.31. The number of nitrogens with zero attached hydrogens (tertiary/aromatic N) is 2. The zero-order valence-corrected chi connectivity index (χ0v) is 14.1. The maximum absolute atomic E-state index is 11.0. The number of piperazine rings is 1. The topological polar surface area (TPSA) is 54.0 Å². The molecule has 90 valence electrons. The highest BCUT2D eigenvalue weighted by Gasteiger charge is 2.17. The summed E-state index contributed by atoms with van der Waals surface area (Å²) in [5, 5.41) is 1.92. The van der Waals surface area contributed by atoms with E-state index in [1.54, 1.807) is 0 Å². The van der Waals surface area contributed by atoms with Crippen LogP contribution in [0.3, 0.4) is 0 Å². The van der Waals surface area contributed by atoms with E-state index in [-0.39, 0.29) is 6.09 Å². The highest BCUT2D eigenvalue weighted by atomic mass is 27.1. The molecule has 16 heavy (non-hydrogen) atoms. The maximum Gasteiger partial charge on any atom is 0.501 e. The molecular weight excluding hydrogens is 240 g/mol. The molecule has 1 aliphatic heterocycles. The van der Waals surface area contributed by atoms with Crippen LogP contribution in [0.2, 0.25) is 0 Å². The second-order valence-corrected chi connectivity index (χ2v) is 4.76.